The van der Waals surface area contributed by atoms with Crippen LogP contribution < -0.4 is 27.0 Å². The number of amides is 4. The van der Waals surface area contributed by atoms with Crippen LogP contribution in [0.25, 0.3) is 11.1 Å². The van der Waals surface area contributed by atoms with Crippen molar-refractivity contribution in [3.8, 4) is 11.1 Å². The van der Waals surface area contributed by atoms with E-state index in [4.69, 9.17) is 10.5 Å². The number of benzene rings is 3. The van der Waals surface area contributed by atoms with Crippen LogP contribution >= 0.6 is 0 Å². The van der Waals surface area contributed by atoms with E-state index >= 15 is 0 Å². The average Bonchev–Trinajstić information content (AvgIpc) is 3.50. The summed E-state index contributed by atoms with van der Waals surface area (Å²) in [6.45, 7) is 2.78. The second-order valence-electron chi connectivity index (χ2n) is 15.1. The van der Waals surface area contributed by atoms with E-state index in [-0.39, 0.29) is 30.3 Å². The fourth-order valence-corrected chi connectivity index (χ4v) is 8.23. The molecule has 6 rings (SSSR count). The lowest BCUT2D eigenvalue weighted by Gasteiger charge is -2.28. The zero-order valence-electron chi connectivity index (χ0n) is 31.3. The van der Waals surface area contributed by atoms with Gasteiger partial charge in [0.05, 0.1) is 6.54 Å². The Morgan fingerprint density at radius 2 is 1.37 bits per heavy atom. The highest BCUT2D eigenvalue weighted by Gasteiger charge is 2.32. The summed E-state index contributed by atoms with van der Waals surface area (Å²) in [5.74, 6) is -0.720. The van der Waals surface area contributed by atoms with Crippen molar-refractivity contribution in [1.82, 2.24) is 15.5 Å². The minimum atomic E-state index is -0.869. The maximum absolute atomic E-state index is 14.0. The fourth-order valence-electron chi connectivity index (χ4n) is 8.23. The van der Waals surface area contributed by atoms with Crippen LogP contribution in [0.5, 0.6) is 0 Å². The first-order valence-electron chi connectivity index (χ1n) is 19.9. The minimum absolute atomic E-state index is 0.0970. The van der Waals surface area contributed by atoms with Gasteiger partial charge in [0.15, 0.2) is 0 Å². The number of nitrogens with one attached hydrogen (secondary N) is 4. The fraction of sp³-hybridized carbons (Fsp3) is 0.488. The molecule has 54 heavy (non-hydrogen) atoms. The molecular weight excluding hydrogens is 681 g/mol. The van der Waals surface area contributed by atoms with Crippen molar-refractivity contribution in [3.05, 3.63) is 83.9 Å². The molecule has 3 aliphatic rings. The van der Waals surface area contributed by atoms with Gasteiger partial charge in [-0.2, -0.15) is 0 Å². The number of anilines is 2. The van der Waals surface area contributed by atoms with Crippen molar-refractivity contribution in [3.63, 3.8) is 0 Å². The number of rotatable bonds is 16. The van der Waals surface area contributed by atoms with Crippen LogP contribution in [0.4, 0.5) is 16.2 Å². The van der Waals surface area contributed by atoms with Crippen LogP contribution in [0, 0.1) is 5.92 Å². The van der Waals surface area contributed by atoms with Gasteiger partial charge < -0.3 is 31.7 Å². The summed E-state index contributed by atoms with van der Waals surface area (Å²) in [6.07, 6.45) is 10.2. The van der Waals surface area contributed by atoms with Gasteiger partial charge in [-0.05, 0) is 105 Å². The van der Waals surface area contributed by atoms with Gasteiger partial charge in [-0.25, -0.2) is 4.79 Å². The second-order valence-corrected chi connectivity index (χ2v) is 15.1. The van der Waals surface area contributed by atoms with Crippen LogP contribution in [0.3, 0.4) is 0 Å². The van der Waals surface area contributed by atoms with E-state index < -0.39 is 24.1 Å². The zero-order valence-corrected chi connectivity index (χ0v) is 31.3. The first-order chi connectivity index (χ1) is 26.4. The summed E-state index contributed by atoms with van der Waals surface area (Å²) in [5.41, 5.74) is 11.4. The third kappa shape index (κ3) is 10.7. The Balaban J connectivity index is 1.10. The van der Waals surface area contributed by atoms with Gasteiger partial charge in [0, 0.05) is 17.3 Å². The van der Waals surface area contributed by atoms with Gasteiger partial charge >= 0.3 is 6.09 Å². The average molecular weight is 737 g/mol. The molecule has 4 amide bonds. The summed E-state index contributed by atoms with van der Waals surface area (Å²) in [5, 5.41) is 11.7. The topological polar surface area (TPSA) is 155 Å². The number of hydrogen-bond donors (Lipinski definition) is 5. The first kappa shape index (κ1) is 39.0. The Labute approximate surface area is 319 Å². The van der Waals surface area contributed by atoms with Gasteiger partial charge in [0.2, 0.25) is 17.7 Å². The van der Waals surface area contributed by atoms with Crippen LogP contribution in [-0.2, 0) is 19.1 Å². The van der Waals surface area contributed by atoms with Crippen molar-refractivity contribution in [2.24, 2.45) is 11.7 Å². The Morgan fingerprint density at radius 3 is 2.06 bits per heavy atom. The summed E-state index contributed by atoms with van der Waals surface area (Å²) in [4.78, 5) is 56.1. The number of carbonyl (C=O) groups excluding carboxylic acids is 4. The van der Waals surface area contributed by atoms with E-state index in [1.165, 1.54) is 12.8 Å². The SMILES string of the molecule is NCCCC[C@H](NC(=O)[C@H](CC1CCCCC1)NC(=O)OCC1c2ccccc2-c2ccccc21)C(=O)Nc1cccc(NC(=O)CN2CCCCC2)c1. The molecule has 11 heteroatoms. The molecule has 288 valence electrons. The molecule has 1 aliphatic heterocycles. The standard InChI is InChI=1S/C43H56N6O5/c44-23-10-9-22-38(41(51)46-32-17-13-16-31(27-32)45-40(50)28-49-24-11-2-12-25-49)47-42(52)39(26-30-14-3-1-4-15-30)48-43(53)54-29-37-35-20-7-5-18-33(35)34-19-6-8-21-36(34)37/h5-8,13,16-21,27,30,37-39H,1-4,9-12,14-15,22-26,28-29,44H2,(H,45,50)(H,46,51)(H,47,52)(H,48,53)/t38-,39-/m0/s1. The predicted molar refractivity (Wildman–Crippen MR) is 212 cm³/mol. The molecule has 0 aromatic heterocycles. The van der Waals surface area contributed by atoms with Crippen LogP contribution in [0.1, 0.15) is 94.1 Å². The summed E-state index contributed by atoms with van der Waals surface area (Å²) < 4.78 is 5.85. The number of hydrogen-bond acceptors (Lipinski definition) is 7. The zero-order chi connectivity index (χ0) is 37.7. The number of nitrogens with zero attached hydrogens (tertiary/aromatic N) is 1. The van der Waals surface area contributed by atoms with Crippen molar-refractivity contribution >= 4 is 35.2 Å². The molecule has 0 bridgehead atoms. The molecule has 3 aromatic carbocycles. The molecule has 11 nitrogen and oxygen atoms in total. The van der Waals surface area contributed by atoms with Crippen LogP contribution in [-0.4, -0.2) is 73.6 Å². The molecule has 1 heterocycles. The van der Waals surface area contributed by atoms with E-state index in [0.717, 1.165) is 73.9 Å². The van der Waals surface area contributed by atoms with Gasteiger partial charge in [-0.15, -0.1) is 0 Å². The number of fused-ring (bicyclic) bond motifs is 3. The Morgan fingerprint density at radius 1 is 0.722 bits per heavy atom. The third-order valence-corrected chi connectivity index (χ3v) is 11.1. The normalized spacial score (nSPS) is 17.1. The largest absolute Gasteiger partial charge is 0.449 e. The van der Waals surface area contributed by atoms with Crippen LogP contribution in [0.15, 0.2) is 72.8 Å². The Hall–Kier alpha value is -4.74. The smallest absolute Gasteiger partial charge is 0.407 e. The van der Waals surface area contributed by atoms with Gasteiger partial charge in [0.1, 0.15) is 18.7 Å². The molecule has 6 N–H and O–H groups in total. The minimum Gasteiger partial charge on any atom is -0.449 e. The molecule has 0 radical (unpaired) electrons. The highest BCUT2D eigenvalue weighted by atomic mass is 16.5. The molecule has 0 spiro atoms. The third-order valence-electron chi connectivity index (χ3n) is 11.1. The predicted octanol–water partition coefficient (Wildman–Crippen LogP) is 6.54. The van der Waals surface area contributed by atoms with Crippen molar-refractivity contribution < 1.29 is 23.9 Å². The number of likely N-dealkylation sites (tertiary alicyclic amines) is 1. The number of piperidine rings is 1. The van der Waals surface area contributed by atoms with Gasteiger partial charge in [-0.3, -0.25) is 19.3 Å². The monoisotopic (exact) mass is 736 g/mol. The van der Waals surface area contributed by atoms with Crippen molar-refractivity contribution in [2.45, 2.75) is 95.1 Å². The van der Waals surface area contributed by atoms with Gasteiger partial charge in [-0.1, -0.05) is 93.1 Å². The second kappa shape index (κ2) is 19.5. The molecule has 1 saturated heterocycles. The van der Waals surface area contributed by atoms with Crippen molar-refractivity contribution in [1.29, 1.82) is 0 Å². The first-order valence-corrected chi connectivity index (χ1v) is 19.9. The number of carbonyl (C=O) groups is 4. The Bertz CT molecular complexity index is 1690. The van der Waals surface area contributed by atoms with Crippen LogP contribution in [0.2, 0.25) is 0 Å². The highest BCUT2D eigenvalue weighted by molar-refractivity contribution is 5.99. The maximum Gasteiger partial charge on any atom is 0.407 e. The highest BCUT2D eigenvalue weighted by Crippen LogP contribution is 2.44. The van der Waals surface area contributed by atoms with E-state index in [1.54, 1.807) is 24.3 Å². The Kier molecular flexibility index (Phi) is 14.1. The summed E-state index contributed by atoms with van der Waals surface area (Å²) in [7, 11) is 0. The lowest BCUT2D eigenvalue weighted by atomic mass is 9.84. The number of ether oxygens (including phenoxy) is 1. The number of unbranched alkanes of at least 4 members (excludes halogenated alkanes) is 1. The van der Waals surface area contributed by atoms with E-state index in [0.29, 0.717) is 50.1 Å². The summed E-state index contributed by atoms with van der Waals surface area (Å²) >= 11 is 0. The van der Waals surface area contributed by atoms with E-state index in [9.17, 15) is 19.2 Å². The lowest BCUT2D eigenvalue weighted by molar-refractivity contribution is -0.128. The van der Waals surface area contributed by atoms with E-state index in [1.807, 2.05) is 24.3 Å². The molecule has 3 aromatic rings. The molecule has 1 saturated carbocycles. The molecular formula is C43H56N6O5. The number of nitrogens with two attached hydrogens (primary N) is 1. The quantitative estimate of drug-likeness (QED) is 0.105. The molecule has 2 atom stereocenters. The molecule has 0 unspecified atom stereocenters. The number of alkyl carbamates (subject to hydrolysis) is 1. The lowest BCUT2D eigenvalue weighted by Crippen LogP contribution is -2.53. The van der Waals surface area contributed by atoms with Crippen molar-refractivity contribution in [2.75, 3.05) is 43.4 Å². The molecule has 2 aliphatic carbocycles. The summed E-state index contributed by atoms with van der Waals surface area (Å²) in [6, 6.07) is 21.6. The molecule has 2 fully saturated rings. The van der Waals surface area contributed by atoms with Gasteiger partial charge in [0.25, 0.3) is 0 Å². The maximum atomic E-state index is 14.0. The van der Waals surface area contributed by atoms with E-state index in [2.05, 4.69) is 50.4 Å².